The summed E-state index contributed by atoms with van der Waals surface area (Å²) in [5.41, 5.74) is 2.10. The van der Waals surface area contributed by atoms with Crippen molar-refractivity contribution in [1.29, 1.82) is 0 Å². The summed E-state index contributed by atoms with van der Waals surface area (Å²) < 4.78 is 9.71. The van der Waals surface area contributed by atoms with Crippen LogP contribution in [0.4, 0.5) is 0 Å². The number of methoxy groups -OCH3 is 1. The van der Waals surface area contributed by atoms with Crippen molar-refractivity contribution in [3.05, 3.63) is 41.5 Å². The minimum Gasteiger partial charge on any atom is -0.469 e. The van der Waals surface area contributed by atoms with Gasteiger partial charge in [0.1, 0.15) is 0 Å². The zero-order valence-electron chi connectivity index (χ0n) is 12.1. The van der Waals surface area contributed by atoms with E-state index in [0.29, 0.717) is 12.0 Å². The molecule has 0 unspecified atom stereocenters. The van der Waals surface area contributed by atoms with E-state index in [9.17, 15) is 9.59 Å². The van der Waals surface area contributed by atoms with Crippen molar-refractivity contribution in [3.8, 4) is 0 Å². The van der Waals surface area contributed by atoms with E-state index in [1.54, 1.807) is 6.92 Å². The van der Waals surface area contributed by atoms with Crippen molar-refractivity contribution in [2.45, 2.75) is 26.7 Å². The summed E-state index contributed by atoms with van der Waals surface area (Å²) in [4.78, 5) is 23.6. The number of hydrogen-bond donors (Lipinski definition) is 0. The summed E-state index contributed by atoms with van der Waals surface area (Å²) in [6.07, 6.45) is 0.558. The van der Waals surface area contributed by atoms with Crippen LogP contribution in [0.1, 0.15) is 32.3 Å². The van der Waals surface area contributed by atoms with Crippen LogP contribution in [0.5, 0.6) is 0 Å². The first-order valence-electron chi connectivity index (χ1n) is 6.65. The number of esters is 2. The van der Waals surface area contributed by atoms with Gasteiger partial charge in [-0.3, -0.25) is 4.79 Å². The Hall–Kier alpha value is -2.10. The van der Waals surface area contributed by atoms with Gasteiger partial charge in [0.2, 0.25) is 0 Å². The molecule has 1 rings (SSSR count). The first kappa shape index (κ1) is 16.0. The van der Waals surface area contributed by atoms with Crippen molar-refractivity contribution in [3.63, 3.8) is 0 Å². The van der Waals surface area contributed by atoms with Gasteiger partial charge < -0.3 is 9.47 Å². The van der Waals surface area contributed by atoms with Crippen LogP contribution in [0.3, 0.4) is 0 Å². The Kier molecular flexibility index (Phi) is 6.50. The van der Waals surface area contributed by atoms with E-state index in [-0.39, 0.29) is 13.0 Å². The lowest BCUT2D eigenvalue weighted by Gasteiger charge is -2.13. The molecule has 0 aliphatic carbocycles. The molecule has 4 nitrogen and oxygen atoms in total. The van der Waals surface area contributed by atoms with Crippen molar-refractivity contribution in [1.82, 2.24) is 0 Å². The van der Waals surface area contributed by atoms with Gasteiger partial charge >= 0.3 is 11.9 Å². The van der Waals surface area contributed by atoms with Gasteiger partial charge in [-0.2, -0.15) is 0 Å². The molecule has 0 saturated heterocycles. The van der Waals surface area contributed by atoms with Crippen molar-refractivity contribution >= 4 is 17.5 Å². The van der Waals surface area contributed by atoms with Gasteiger partial charge in [0.05, 0.1) is 25.7 Å². The molecule has 0 spiro atoms. The highest BCUT2D eigenvalue weighted by Gasteiger charge is 2.20. The predicted octanol–water partition coefficient (Wildman–Crippen LogP) is 2.98. The van der Waals surface area contributed by atoms with Crippen LogP contribution in [0.15, 0.2) is 35.9 Å². The van der Waals surface area contributed by atoms with Gasteiger partial charge in [-0.25, -0.2) is 4.79 Å². The molecule has 0 saturated carbocycles. The second-order valence-corrected chi connectivity index (χ2v) is 4.15. The highest BCUT2D eigenvalue weighted by atomic mass is 16.5. The minimum absolute atomic E-state index is 0.0760. The maximum absolute atomic E-state index is 12.1. The lowest BCUT2D eigenvalue weighted by atomic mass is 9.95. The van der Waals surface area contributed by atoms with E-state index in [1.807, 2.05) is 37.3 Å². The van der Waals surface area contributed by atoms with Gasteiger partial charge in [0.15, 0.2) is 0 Å². The molecular weight excluding hydrogens is 256 g/mol. The fraction of sp³-hybridized carbons (Fsp3) is 0.375. The largest absolute Gasteiger partial charge is 0.469 e. The smallest absolute Gasteiger partial charge is 0.334 e. The monoisotopic (exact) mass is 276 g/mol. The van der Waals surface area contributed by atoms with Gasteiger partial charge in [0, 0.05) is 0 Å². The van der Waals surface area contributed by atoms with E-state index in [4.69, 9.17) is 4.74 Å². The van der Waals surface area contributed by atoms with Crippen molar-refractivity contribution < 1.29 is 19.1 Å². The van der Waals surface area contributed by atoms with Crippen LogP contribution in [0.25, 0.3) is 5.57 Å². The zero-order valence-corrected chi connectivity index (χ0v) is 12.1. The maximum atomic E-state index is 12.1. The molecule has 1 aromatic carbocycles. The molecule has 0 bridgehead atoms. The van der Waals surface area contributed by atoms with Crippen LogP contribution in [0.2, 0.25) is 0 Å². The zero-order chi connectivity index (χ0) is 15.0. The fourth-order valence-electron chi connectivity index (χ4n) is 1.97. The Morgan fingerprint density at radius 3 is 2.25 bits per heavy atom. The third kappa shape index (κ3) is 4.23. The second kappa shape index (κ2) is 8.15. The first-order chi connectivity index (χ1) is 9.63. The average Bonchev–Trinajstić information content (AvgIpc) is 2.48. The standard InChI is InChI=1S/C16H20O4/c1-4-13(12-9-7-6-8-10-12)14(11-15(17)19-3)16(18)20-5-2/h6-10H,4-5,11H2,1-3H3/b14-13-. The van der Waals surface area contributed by atoms with E-state index < -0.39 is 11.9 Å². The second-order valence-electron chi connectivity index (χ2n) is 4.15. The lowest BCUT2D eigenvalue weighted by Crippen LogP contribution is -2.14. The van der Waals surface area contributed by atoms with Crippen molar-refractivity contribution in [2.24, 2.45) is 0 Å². The molecule has 4 heteroatoms. The number of allylic oxidation sites excluding steroid dienone is 1. The Morgan fingerprint density at radius 1 is 1.10 bits per heavy atom. The fourth-order valence-corrected chi connectivity index (χ4v) is 1.97. The van der Waals surface area contributed by atoms with Crippen LogP contribution in [0, 0.1) is 0 Å². The topological polar surface area (TPSA) is 52.6 Å². The summed E-state index contributed by atoms with van der Waals surface area (Å²) in [5, 5.41) is 0. The molecular formula is C16H20O4. The van der Waals surface area contributed by atoms with E-state index >= 15 is 0 Å². The van der Waals surface area contributed by atoms with Gasteiger partial charge in [0.25, 0.3) is 0 Å². The third-order valence-corrected chi connectivity index (χ3v) is 2.91. The molecule has 20 heavy (non-hydrogen) atoms. The molecule has 108 valence electrons. The van der Waals surface area contributed by atoms with Gasteiger partial charge in [-0.1, -0.05) is 37.3 Å². The average molecular weight is 276 g/mol. The highest BCUT2D eigenvalue weighted by molar-refractivity contribution is 6.01. The minimum atomic E-state index is -0.460. The molecule has 0 aromatic heterocycles. The molecule has 0 fully saturated rings. The third-order valence-electron chi connectivity index (χ3n) is 2.91. The van der Waals surface area contributed by atoms with Crippen LogP contribution < -0.4 is 0 Å². The Balaban J connectivity index is 3.24. The van der Waals surface area contributed by atoms with Crippen LogP contribution in [-0.4, -0.2) is 25.7 Å². The summed E-state index contributed by atoms with van der Waals surface area (Å²) in [5.74, 6) is -0.909. The molecule has 0 heterocycles. The number of benzene rings is 1. The van der Waals surface area contributed by atoms with E-state index in [1.165, 1.54) is 7.11 Å². The van der Waals surface area contributed by atoms with E-state index in [0.717, 1.165) is 11.1 Å². The SMILES string of the molecule is CCOC(=O)/C(CC(=O)OC)=C(/CC)c1ccccc1. The quantitative estimate of drug-likeness (QED) is 0.592. The molecule has 0 radical (unpaired) electrons. The summed E-state index contributed by atoms with van der Waals surface area (Å²) in [6.45, 7) is 3.95. The molecule has 0 amide bonds. The Labute approximate surface area is 119 Å². The normalized spacial score (nSPS) is 11.6. The Morgan fingerprint density at radius 2 is 1.75 bits per heavy atom. The van der Waals surface area contributed by atoms with Crippen LogP contribution in [-0.2, 0) is 19.1 Å². The molecule has 0 aliphatic rings. The number of carbonyl (C=O) groups is 2. The lowest BCUT2D eigenvalue weighted by molar-refractivity contribution is -0.144. The summed E-state index contributed by atoms with van der Waals surface area (Å²) in [6, 6.07) is 9.52. The van der Waals surface area contributed by atoms with Gasteiger partial charge in [-0.15, -0.1) is 0 Å². The predicted molar refractivity (Wildman–Crippen MR) is 76.9 cm³/mol. The molecule has 1 aromatic rings. The number of ether oxygens (including phenoxy) is 2. The maximum Gasteiger partial charge on any atom is 0.334 e. The van der Waals surface area contributed by atoms with Crippen LogP contribution >= 0.6 is 0 Å². The molecule has 0 N–H and O–H groups in total. The number of hydrogen-bond acceptors (Lipinski definition) is 4. The summed E-state index contributed by atoms with van der Waals surface area (Å²) in [7, 11) is 1.30. The van der Waals surface area contributed by atoms with E-state index in [2.05, 4.69) is 4.74 Å². The highest BCUT2D eigenvalue weighted by Crippen LogP contribution is 2.25. The number of carbonyl (C=O) groups excluding carboxylic acids is 2. The van der Waals surface area contributed by atoms with Gasteiger partial charge in [-0.05, 0) is 24.5 Å². The molecule has 0 aliphatic heterocycles. The summed E-state index contributed by atoms with van der Waals surface area (Å²) >= 11 is 0. The Bertz CT molecular complexity index is 488. The van der Waals surface area contributed by atoms with Crippen molar-refractivity contribution in [2.75, 3.05) is 13.7 Å². The molecule has 0 atom stereocenters. The number of rotatable bonds is 6. The first-order valence-corrected chi connectivity index (χ1v) is 6.65.